The van der Waals surface area contributed by atoms with Crippen LogP contribution in [0.15, 0.2) is 12.1 Å². The Bertz CT molecular complexity index is 404. The molecule has 0 aromatic heterocycles. The lowest BCUT2D eigenvalue weighted by atomic mass is 10.1. The molecule has 1 aromatic carbocycles. The summed E-state index contributed by atoms with van der Waals surface area (Å²) >= 11 is 0. The van der Waals surface area contributed by atoms with E-state index in [1.807, 2.05) is 0 Å². The number of ether oxygens (including phenoxy) is 1. The van der Waals surface area contributed by atoms with Crippen molar-refractivity contribution in [3.05, 3.63) is 17.7 Å². The van der Waals surface area contributed by atoms with E-state index < -0.39 is 12.0 Å². The molecule has 5 N–H and O–H groups in total. The van der Waals surface area contributed by atoms with Crippen LogP contribution in [0.2, 0.25) is 0 Å². The predicted molar refractivity (Wildman–Crippen MR) is 55.6 cm³/mol. The van der Waals surface area contributed by atoms with Gasteiger partial charge in [0.2, 0.25) is 5.75 Å². The molecule has 6 nitrogen and oxygen atoms in total. The first-order valence-corrected chi connectivity index (χ1v) is 4.53. The lowest BCUT2D eigenvalue weighted by molar-refractivity contribution is -0.138. The normalized spacial score (nSPS) is 12.1. The molecule has 1 rings (SSSR count). The third-order valence-corrected chi connectivity index (χ3v) is 2.11. The maximum atomic E-state index is 10.5. The molecule has 1 unspecified atom stereocenters. The number of carboxylic acid groups (broad SMARTS) is 1. The molecule has 0 bridgehead atoms. The van der Waals surface area contributed by atoms with Crippen LogP contribution in [-0.4, -0.2) is 34.4 Å². The first-order valence-electron chi connectivity index (χ1n) is 4.53. The van der Waals surface area contributed by atoms with Gasteiger partial charge in [-0.05, 0) is 24.1 Å². The Balaban J connectivity index is 2.98. The number of phenols is 2. The zero-order valence-corrected chi connectivity index (χ0v) is 8.67. The van der Waals surface area contributed by atoms with Gasteiger partial charge < -0.3 is 25.8 Å². The monoisotopic (exact) mass is 227 g/mol. The van der Waals surface area contributed by atoms with Crippen LogP contribution in [0.1, 0.15) is 5.56 Å². The van der Waals surface area contributed by atoms with E-state index in [2.05, 4.69) is 0 Å². The summed E-state index contributed by atoms with van der Waals surface area (Å²) in [5, 5.41) is 27.3. The SMILES string of the molecule is COc1cc(CC(N)C(=O)O)cc(O)c1O. The quantitative estimate of drug-likeness (QED) is 0.541. The number of aromatic hydroxyl groups is 2. The number of rotatable bonds is 4. The van der Waals surface area contributed by atoms with E-state index in [9.17, 15) is 15.0 Å². The van der Waals surface area contributed by atoms with E-state index in [4.69, 9.17) is 15.6 Å². The van der Waals surface area contributed by atoms with Crippen LogP contribution < -0.4 is 10.5 Å². The number of benzene rings is 1. The van der Waals surface area contributed by atoms with Crippen molar-refractivity contribution in [2.75, 3.05) is 7.11 Å². The molecule has 0 saturated heterocycles. The highest BCUT2D eigenvalue weighted by atomic mass is 16.5. The van der Waals surface area contributed by atoms with Crippen molar-refractivity contribution in [2.24, 2.45) is 5.73 Å². The fourth-order valence-electron chi connectivity index (χ4n) is 1.26. The highest BCUT2D eigenvalue weighted by Gasteiger charge is 2.15. The van der Waals surface area contributed by atoms with Crippen LogP contribution in [0.5, 0.6) is 17.2 Å². The lowest BCUT2D eigenvalue weighted by Gasteiger charge is -2.10. The van der Waals surface area contributed by atoms with E-state index in [0.717, 1.165) is 0 Å². The molecular formula is C10H13NO5. The van der Waals surface area contributed by atoms with Crippen LogP contribution >= 0.6 is 0 Å². The number of nitrogens with two attached hydrogens (primary N) is 1. The standard InChI is InChI=1S/C10H13NO5/c1-16-8-4-5(2-6(11)10(14)15)3-7(12)9(8)13/h3-4,6,12-13H,2,11H2,1H3,(H,14,15). The van der Waals surface area contributed by atoms with Crippen molar-refractivity contribution in [1.82, 2.24) is 0 Å². The van der Waals surface area contributed by atoms with Crippen molar-refractivity contribution < 1.29 is 24.9 Å². The Morgan fingerprint density at radius 1 is 1.50 bits per heavy atom. The molecule has 0 aliphatic carbocycles. The molecule has 0 aliphatic rings. The maximum absolute atomic E-state index is 10.5. The molecule has 16 heavy (non-hydrogen) atoms. The van der Waals surface area contributed by atoms with Gasteiger partial charge in [-0.1, -0.05) is 0 Å². The molecular weight excluding hydrogens is 214 g/mol. The van der Waals surface area contributed by atoms with Gasteiger partial charge in [0.1, 0.15) is 6.04 Å². The highest BCUT2D eigenvalue weighted by Crippen LogP contribution is 2.36. The Morgan fingerprint density at radius 2 is 2.12 bits per heavy atom. The van der Waals surface area contributed by atoms with E-state index in [-0.39, 0.29) is 23.7 Å². The minimum Gasteiger partial charge on any atom is -0.504 e. The zero-order valence-electron chi connectivity index (χ0n) is 8.67. The van der Waals surface area contributed by atoms with Crippen LogP contribution in [0.4, 0.5) is 0 Å². The summed E-state index contributed by atoms with van der Waals surface area (Å²) in [7, 11) is 1.33. The molecule has 1 aromatic rings. The van der Waals surface area contributed by atoms with Gasteiger partial charge in [-0.25, -0.2) is 0 Å². The topological polar surface area (TPSA) is 113 Å². The average Bonchev–Trinajstić information content (AvgIpc) is 2.22. The van der Waals surface area contributed by atoms with Crippen molar-refractivity contribution in [3.63, 3.8) is 0 Å². The maximum Gasteiger partial charge on any atom is 0.320 e. The predicted octanol–water partition coefficient (Wildman–Crippen LogP) is 0.0608. The van der Waals surface area contributed by atoms with Gasteiger partial charge >= 0.3 is 5.97 Å². The van der Waals surface area contributed by atoms with Crippen molar-refractivity contribution in [1.29, 1.82) is 0 Å². The molecule has 0 spiro atoms. The smallest absolute Gasteiger partial charge is 0.320 e. The molecule has 0 radical (unpaired) electrons. The van der Waals surface area contributed by atoms with Gasteiger partial charge in [0.15, 0.2) is 11.5 Å². The summed E-state index contributed by atoms with van der Waals surface area (Å²) in [6.45, 7) is 0. The number of phenolic OH excluding ortho intramolecular Hbond substituents is 2. The number of hydrogen-bond acceptors (Lipinski definition) is 5. The number of aliphatic carboxylic acids is 1. The van der Waals surface area contributed by atoms with Gasteiger partial charge in [0, 0.05) is 0 Å². The molecule has 0 aliphatic heterocycles. The minimum atomic E-state index is -1.13. The molecule has 1 atom stereocenters. The Kier molecular flexibility index (Phi) is 3.57. The summed E-state index contributed by atoms with van der Waals surface area (Å²) in [4.78, 5) is 10.5. The number of carboxylic acids is 1. The van der Waals surface area contributed by atoms with Crippen molar-refractivity contribution in [3.8, 4) is 17.2 Å². The van der Waals surface area contributed by atoms with Crippen LogP contribution in [0.3, 0.4) is 0 Å². The van der Waals surface area contributed by atoms with E-state index in [1.165, 1.54) is 19.2 Å². The van der Waals surface area contributed by atoms with E-state index in [0.29, 0.717) is 5.56 Å². The van der Waals surface area contributed by atoms with Gasteiger partial charge in [0.05, 0.1) is 7.11 Å². The molecule has 0 amide bonds. The second-order valence-corrected chi connectivity index (χ2v) is 3.31. The Labute approximate surface area is 91.9 Å². The van der Waals surface area contributed by atoms with Crippen LogP contribution in [0, 0.1) is 0 Å². The summed E-state index contributed by atoms with van der Waals surface area (Å²) in [5.41, 5.74) is 5.82. The average molecular weight is 227 g/mol. The lowest BCUT2D eigenvalue weighted by Crippen LogP contribution is -2.32. The van der Waals surface area contributed by atoms with Gasteiger partial charge in [0.25, 0.3) is 0 Å². The van der Waals surface area contributed by atoms with Crippen LogP contribution in [-0.2, 0) is 11.2 Å². The van der Waals surface area contributed by atoms with Gasteiger partial charge in [-0.3, -0.25) is 4.79 Å². The third-order valence-electron chi connectivity index (χ3n) is 2.11. The summed E-state index contributed by atoms with van der Waals surface area (Å²) in [6, 6.07) is 1.62. The second kappa shape index (κ2) is 4.71. The highest BCUT2D eigenvalue weighted by molar-refractivity contribution is 5.73. The van der Waals surface area contributed by atoms with Crippen molar-refractivity contribution in [2.45, 2.75) is 12.5 Å². The Hall–Kier alpha value is -1.95. The Morgan fingerprint density at radius 3 is 2.62 bits per heavy atom. The molecule has 6 heteroatoms. The second-order valence-electron chi connectivity index (χ2n) is 3.31. The molecule has 0 saturated carbocycles. The first-order chi connectivity index (χ1) is 7.45. The summed E-state index contributed by atoms with van der Waals surface area (Å²) in [5.74, 6) is -1.80. The first kappa shape index (κ1) is 12.1. The minimum absolute atomic E-state index is 0.0412. The van der Waals surface area contributed by atoms with Crippen LogP contribution in [0.25, 0.3) is 0 Å². The number of carbonyl (C=O) groups is 1. The number of hydrogen-bond donors (Lipinski definition) is 4. The van der Waals surface area contributed by atoms with E-state index >= 15 is 0 Å². The molecule has 0 heterocycles. The van der Waals surface area contributed by atoms with E-state index in [1.54, 1.807) is 0 Å². The zero-order chi connectivity index (χ0) is 12.3. The van der Waals surface area contributed by atoms with Gasteiger partial charge in [-0.2, -0.15) is 0 Å². The number of methoxy groups -OCH3 is 1. The summed E-state index contributed by atoms with van der Waals surface area (Å²) < 4.78 is 4.81. The summed E-state index contributed by atoms with van der Waals surface area (Å²) in [6.07, 6.45) is 0.0412. The van der Waals surface area contributed by atoms with Gasteiger partial charge in [-0.15, -0.1) is 0 Å². The molecule has 0 fully saturated rings. The molecule has 88 valence electrons. The van der Waals surface area contributed by atoms with Crippen molar-refractivity contribution >= 4 is 5.97 Å². The largest absolute Gasteiger partial charge is 0.504 e. The third kappa shape index (κ3) is 2.54. The fourth-order valence-corrected chi connectivity index (χ4v) is 1.26. The fraction of sp³-hybridized carbons (Fsp3) is 0.300.